The lowest BCUT2D eigenvalue weighted by Crippen LogP contribution is -2.02. The summed E-state index contributed by atoms with van der Waals surface area (Å²) < 4.78 is 12.0. The summed E-state index contributed by atoms with van der Waals surface area (Å²) in [6.45, 7) is 4.84. The Morgan fingerprint density at radius 1 is 0.955 bits per heavy atom. The monoisotopic (exact) mass is 318 g/mol. The maximum Gasteiger partial charge on any atom is 0.134 e. The van der Waals surface area contributed by atoms with Crippen LogP contribution in [0.1, 0.15) is 30.9 Å². The predicted octanol–water partition coefficient (Wildman–Crippen LogP) is 5.75. The Kier molecular flexibility index (Phi) is 6.60. The average molecular weight is 319 g/mol. The molecule has 22 heavy (non-hydrogen) atoms. The van der Waals surface area contributed by atoms with Crippen molar-refractivity contribution in [3.63, 3.8) is 0 Å². The van der Waals surface area contributed by atoms with E-state index in [1.54, 1.807) is 0 Å². The largest absolute Gasteiger partial charge is 0.493 e. The van der Waals surface area contributed by atoms with Crippen LogP contribution in [0.3, 0.4) is 0 Å². The van der Waals surface area contributed by atoms with Gasteiger partial charge >= 0.3 is 0 Å². The first kappa shape index (κ1) is 16.7. The normalized spacial score (nSPS) is 10.5. The fourth-order valence-electron chi connectivity index (χ4n) is 2.30. The minimum absolute atomic E-state index is 0.614. The van der Waals surface area contributed by atoms with Gasteiger partial charge in [-0.25, -0.2) is 0 Å². The molecule has 0 saturated carbocycles. The highest BCUT2D eigenvalue weighted by Crippen LogP contribution is 2.34. The van der Waals surface area contributed by atoms with E-state index in [2.05, 4.69) is 19.9 Å². The quantitative estimate of drug-likeness (QED) is 0.456. The van der Waals surface area contributed by atoms with E-state index in [1.165, 1.54) is 0 Å². The molecule has 2 aromatic rings. The van der Waals surface area contributed by atoms with Gasteiger partial charge in [-0.15, -0.1) is 11.6 Å². The Balaban J connectivity index is 2.26. The molecule has 118 valence electrons. The molecular weight excluding hydrogens is 296 g/mol. The van der Waals surface area contributed by atoms with Crippen LogP contribution >= 0.6 is 11.6 Å². The highest BCUT2D eigenvalue weighted by Gasteiger charge is 2.12. The zero-order chi connectivity index (χ0) is 15.8. The van der Waals surface area contributed by atoms with Crippen LogP contribution in [0.4, 0.5) is 0 Å². The maximum absolute atomic E-state index is 6.13. The lowest BCUT2D eigenvalue weighted by molar-refractivity contribution is 0.312. The van der Waals surface area contributed by atoms with E-state index in [9.17, 15) is 0 Å². The van der Waals surface area contributed by atoms with Crippen molar-refractivity contribution in [2.24, 2.45) is 0 Å². The smallest absolute Gasteiger partial charge is 0.134 e. The predicted molar refractivity (Wildman–Crippen MR) is 92.5 cm³/mol. The molecule has 0 spiro atoms. The van der Waals surface area contributed by atoms with Crippen LogP contribution in [0.15, 0.2) is 42.5 Å². The first-order valence-corrected chi connectivity index (χ1v) is 8.33. The van der Waals surface area contributed by atoms with Crippen molar-refractivity contribution in [2.45, 2.75) is 33.1 Å². The zero-order valence-electron chi connectivity index (χ0n) is 13.3. The second kappa shape index (κ2) is 8.70. The molecule has 0 radical (unpaired) electrons. The molecular formula is C19H23ClO2. The molecule has 3 heteroatoms. The summed E-state index contributed by atoms with van der Waals surface area (Å²) in [7, 11) is 0. The molecule has 2 aromatic carbocycles. The third-order valence-electron chi connectivity index (χ3n) is 3.44. The van der Waals surface area contributed by atoms with Crippen molar-refractivity contribution in [1.29, 1.82) is 0 Å². The molecule has 0 heterocycles. The lowest BCUT2D eigenvalue weighted by Gasteiger charge is -2.16. The van der Waals surface area contributed by atoms with E-state index in [1.807, 2.05) is 36.4 Å². The molecule has 2 nitrogen and oxygen atoms in total. The number of alkyl halides is 1. The first-order valence-electron chi connectivity index (χ1n) is 7.80. The molecule has 0 amide bonds. The van der Waals surface area contributed by atoms with Gasteiger partial charge in [-0.05, 0) is 43.5 Å². The summed E-state index contributed by atoms with van der Waals surface area (Å²) in [5.74, 6) is 3.28. The Morgan fingerprint density at radius 2 is 1.68 bits per heavy atom. The van der Waals surface area contributed by atoms with Gasteiger partial charge in [-0.3, -0.25) is 0 Å². The van der Waals surface area contributed by atoms with Crippen LogP contribution < -0.4 is 9.47 Å². The van der Waals surface area contributed by atoms with E-state index < -0.39 is 0 Å². The molecule has 0 saturated heterocycles. The minimum atomic E-state index is 0.614. The van der Waals surface area contributed by atoms with Gasteiger partial charge < -0.3 is 9.47 Å². The van der Waals surface area contributed by atoms with Crippen LogP contribution in [0.2, 0.25) is 0 Å². The number of aryl methyl sites for hydroxylation is 1. The number of halogens is 1. The highest BCUT2D eigenvalue weighted by atomic mass is 35.5. The van der Waals surface area contributed by atoms with E-state index in [4.69, 9.17) is 21.1 Å². The summed E-state index contributed by atoms with van der Waals surface area (Å²) >= 11 is 5.72. The summed E-state index contributed by atoms with van der Waals surface area (Å²) in [4.78, 5) is 0. The highest BCUT2D eigenvalue weighted by molar-refractivity contribution is 6.17. The standard InChI is InChI=1S/C19H23ClO2/c1-3-8-16-18(21-14-7-13-20)11-6-12-19(16)22-17-10-5-4-9-15(17)2/h4-6,9-12H,3,7-8,13-14H2,1-2H3. The molecule has 0 N–H and O–H groups in total. The van der Waals surface area contributed by atoms with Gasteiger partial charge in [0.1, 0.15) is 17.2 Å². The van der Waals surface area contributed by atoms with Crippen molar-refractivity contribution in [3.05, 3.63) is 53.6 Å². The topological polar surface area (TPSA) is 18.5 Å². The third kappa shape index (κ3) is 4.41. The lowest BCUT2D eigenvalue weighted by atomic mass is 10.1. The van der Waals surface area contributed by atoms with E-state index >= 15 is 0 Å². The van der Waals surface area contributed by atoms with Crippen molar-refractivity contribution < 1.29 is 9.47 Å². The first-order chi connectivity index (χ1) is 10.8. The maximum atomic E-state index is 6.13. The zero-order valence-corrected chi connectivity index (χ0v) is 14.0. The van der Waals surface area contributed by atoms with Gasteiger partial charge in [0, 0.05) is 11.4 Å². The second-order valence-corrected chi connectivity index (χ2v) is 5.62. The minimum Gasteiger partial charge on any atom is -0.493 e. The van der Waals surface area contributed by atoms with Crippen molar-refractivity contribution in [1.82, 2.24) is 0 Å². The van der Waals surface area contributed by atoms with Crippen LogP contribution in [0.5, 0.6) is 17.2 Å². The SMILES string of the molecule is CCCc1c(OCCCCl)cccc1Oc1ccccc1C. The summed E-state index contributed by atoms with van der Waals surface area (Å²) in [5.41, 5.74) is 2.25. The molecule has 0 unspecified atom stereocenters. The molecule has 0 atom stereocenters. The van der Waals surface area contributed by atoms with Gasteiger partial charge in [0.25, 0.3) is 0 Å². The Morgan fingerprint density at radius 3 is 2.41 bits per heavy atom. The summed E-state index contributed by atoms with van der Waals surface area (Å²) in [6, 6.07) is 14.0. The van der Waals surface area contributed by atoms with E-state index in [-0.39, 0.29) is 0 Å². The fourth-order valence-corrected chi connectivity index (χ4v) is 2.41. The Hall–Kier alpha value is -1.67. The number of ether oxygens (including phenoxy) is 2. The van der Waals surface area contributed by atoms with E-state index in [0.29, 0.717) is 12.5 Å². The number of para-hydroxylation sites is 1. The number of benzene rings is 2. The number of hydrogen-bond acceptors (Lipinski definition) is 2. The summed E-state index contributed by atoms with van der Waals surface area (Å²) in [6.07, 6.45) is 2.81. The van der Waals surface area contributed by atoms with Gasteiger partial charge in [-0.2, -0.15) is 0 Å². The van der Waals surface area contributed by atoms with Gasteiger partial charge in [0.05, 0.1) is 6.61 Å². The van der Waals surface area contributed by atoms with Crippen LogP contribution in [-0.4, -0.2) is 12.5 Å². The van der Waals surface area contributed by atoms with Crippen LogP contribution in [0, 0.1) is 6.92 Å². The number of rotatable bonds is 8. The van der Waals surface area contributed by atoms with Gasteiger partial charge in [0.15, 0.2) is 0 Å². The summed E-state index contributed by atoms with van der Waals surface area (Å²) in [5, 5.41) is 0. The second-order valence-electron chi connectivity index (χ2n) is 5.24. The van der Waals surface area contributed by atoms with E-state index in [0.717, 1.165) is 47.6 Å². The van der Waals surface area contributed by atoms with Gasteiger partial charge in [-0.1, -0.05) is 37.6 Å². The Bertz CT molecular complexity index is 596. The van der Waals surface area contributed by atoms with Crippen molar-refractivity contribution >= 4 is 11.6 Å². The fraction of sp³-hybridized carbons (Fsp3) is 0.368. The Labute approximate surface area is 138 Å². The molecule has 0 aliphatic carbocycles. The molecule has 0 aliphatic heterocycles. The van der Waals surface area contributed by atoms with Crippen molar-refractivity contribution in [2.75, 3.05) is 12.5 Å². The third-order valence-corrected chi connectivity index (χ3v) is 3.71. The molecule has 0 aromatic heterocycles. The van der Waals surface area contributed by atoms with Crippen LogP contribution in [0.25, 0.3) is 0 Å². The molecule has 2 rings (SSSR count). The van der Waals surface area contributed by atoms with Gasteiger partial charge in [0.2, 0.25) is 0 Å². The average Bonchev–Trinajstić information content (AvgIpc) is 2.52. The number of hydrogen-bond donors (Lipinski definition) is 0. The molecule has 0 bridgehead atoms. The van der Waals surface area contributed by atoms with Crippen LogP contribution in [-0.2, 0) is 6.42 Å². The molecule has 0 fully saturated rings. The molecule has 0 aliphatic rings. The van der Waals surface area contributed by atoms with Crippen molar-refractivity contribution in [3.8, 4) is 17.2 Å².